The van der Waals surface area contributed by atoms with Crippen LogP contribution in [0.4, 0.5) is 0 Å². The van der Waals surface area contributed by atoms with Crippen molar-refractivity contribution in [1.29, 1.82) is 0 Å². The number of benzene rings is 1. The molecule has 92 valence electrons. The Labute approximate surface area is 106 Å². The molecule has 0 unspecified atom stereocenters. The van der Waals surface area contributed by atoms with Crippen molar-refractivity contribution < 1.29 is 9.53 Å². The van der Waals surface area contributed by atoms with E-state index in [1.54, 1.807) is 18.3 Å². The van der Waals surface area contributed by atoms with E-state index in [4.69, 9.17) is 4.74 Å². The van der Waals surface area contributed by atoms with Gasteiger partial charge in [0.05, 0.1) is 6.61 Å². The standard InChI is InChI=1S/C15H15NO2/c17-15(14-9-4-5-11-16-14)10-6-12-18-13-7-2-1-3-8-13/h1-5,7-9,11H,6,10,12H2. The van der Waals surface area contributed by atoms with Gasteiger partial charge in [-0.3, -0.25) is 9.78 Å². The van der Waals surface area contributed by atoms with Crippen molar-refractivity contribution in [2.24, 2.45) is 0 Å². The molecule has 0 radical (unpaired) electrons. The van der Waals surface area contributed by atoms with E-state index in [9.17, 15) is 4.79 Å². The van der Waals surface area contributed by atoms with Crippen LogP contribution in [0, 0.1) is 0 Å². The maximum absolute atomic E-state index is 11.7. The van der Waals surface area contributed by atoms with Gasteiger partial charge in [0.1, 0.15) is 11.4 Å². The number of carbonyl (C=O) groups is 1. The highest BCUT2D eigenvalue weighted by Crippen LogP contribution is 2.09. The van der Waals surface area contributed by atoms with Gasteiger partial charge >= 0.3 is 0 Å². The van der Waals surface area contributed by atoms with E-state index in [0.717, 1.165) is 5.75 Å². The molecule has 1 aromatic carbocycles. The summed E-state index contributed by atoms with van der Waals surface area (Å²) in [7, 11) is 0. The van der Waals surface area contributed by atoms with E-state index in [-0.39, 0.29) is 5.78 Å². The molecule has 1 heterocycles. The third-order valence-electron chi connectivity index (χ3n) is 2.51. The maximum atomic E-state index is 11.7. The first kappa shape index (κ1) is 12.3. The van der Waals surface area contributed by atoms with Crippen LogP contribution in [-0.4, -0.2) is 17.4 Å². The lowest BCUT2D eigenvalue weighted by molar-refractivity contribution is 0.0968. The number of hydrogen-bond acceptors (Lipinski definition) is 3. The molecule has 0 fully saturated rings. The average Bonchev–Trinajstić information content (AvgIpc) is 2.45. The van der Waals surface area contributed by atoms with Crippen molar-refractivity contribution >= 4 is 5.78 Å². The molecule has 0 spiro atoms. The fourth-order valence-electron chi connectivity index (χ4n) is 1.60. The predicted octanol–water partition coefficient (Wildman–Crippen LogP) is 3.12. The highest BCUT2D eigenvalue weighted by molar-refractivity contribution is 5.94. The Balaban J connectivity index is 1.72. The number of para-hydroxylation sites is 1. The molecule has 18 heavy (non-hydrogen) atoms. The topological polar surface area (TPSA) is 39.2 Å². The molecule has 0 aliphatic heterocycles. The summed E-state index contributed by atoms with van der Waals surface area (Å²) in [6.07, 6.45) is 2.79. The van der Waals surface area contributed by atoms with Crippen LogP contribution in [0.3, 0.4) is 0 Å². The van der Waals surface area contributed by atoms with Crippen LogP contribution in [0.1, 0.15) is 23.3 Å². The van der Waals surface area contributed by atoms with Gasteiger partial charge in [-0.1, -0.05) is 24.3 Å². The molecule has 0 saturated heterocycles. The Morgan fingerprint density at radius 3 is 2.56 bits per heavy atom. The van der Waals surface area contributed by atoms with Crippen molar-refractivity contribution in [1.82, 2.24) is 4.98 Å². The van der Waals surface area contributed by atoms with Crippen LogP contribution < -0.4 is 4.74 Å². The smallest absolute Gasteiger partial charge is 0.181 e. The van der Waals surface area contributed by atoms with Crippen LogP contribution in [-0.2, 0) is 0 Å². The van der Waals surface area contributed by atoms with Gasteiger partial charge in [-0.2, -0.15) is 0 Å². The summed E-state index contributed by atoms with van der Waals surface area (Å²) in [4.78, 5) is 15.8. The van der Waals surface area contributed by atoms with Crippen molar-refractivity contribution in [2.45, 2.75) is 12.8 Å². The zero-order chi connectivity index (χ0) is 12.6. The van der Waals surface area contributed by atoms with Crippen LogP contribution >= 0.6 is 0 Å². The summed E-state index contributed by atoms with van der Waals surface area (Å²) in [5, 5.41) is 0. The Bertz CT molecular complexity index is 482. The summed E-state index contributed by atoms with van der Waals surface area (Å²) in [5.74, 6) is 0.898. The number of aromatic nitrogens is 1. The summed E-state index contributed by atoms with van der Waals surface area (Å²) in [6, 6.07) is 15.0. The monoisotopic (exact) mass is 241 g/mol. The molecule has 0 N–H and O–H groups in total. The average molecular weight is 241 g/mol. The Hall–Kier alpha value is -2.16. The first-order valence-electron chi connectivity index (χ1n) is 5.98. The van der Waals surface area contributed by atoms with Gasteiger partial charge in [-0.25, -0.2) is 0 Å². The first-order valence-corrected chi connectivity index (χ1v) is 5.98. The zero-order valence-corrected chi connectivity index (χ0v) is 10.1. The number of nitrogens with zero attached hydrogens (tertiary/aromatic N) is 1. The van der Waals surface area contributed by atoms with E-state index in [2.05, 4.69) is 4.98 Å². The van der Waals surface area contributed by atoms with Crippen LogP contribution in [0.5, 0.6) is 5.75 Å². The van der Waals surface area contributed by atoms with Gasteiger partial charge in [0, 0.05) is 12.6 Å². The molecule has 2 rings (SSSR count). The Morgan fingerprint density at radius 2 is 1.83 bits per heavy atom. The third-order valence-corrected chi connectivity index (χ3v) is 2.51. The van der Waals surface area contributed by atoms with Crippen LogP contribution in [0.25, 0.3) is 0 Å². The quantitative estimate of drug-likeness (QED) is 0.576. The fourth-order valence-corrected chi connectivity index (χ4v) is 1.60. The zero-order valence-electron chi connectivity index (χ0n) is 10.1. The van der Waals surface area contributed by atoms with E-state index >= 15 is 0 Å². The summed E-state index contributed by atoms with van der Waals surface area (Å²) in [5.41, 5.74) is 0.525. The van der Waals surface area contributed by atoms with Crippen molar-refractivity contribution in [3.05, 3.63) is 60.4 Å². The fraction of sp³-hybridized carbons (Fsp3) is 0.200. The van der Waals surface area contributed by atoms with Gasteiger partial charge in [-0.15, -0.1) is 0 Å². The van der Waals surface area contributed by atoms with E-state index < -0.39 is 0 Å². The molecule has 0 aliphatic rings. The van der Waals surface area contributed by atoms with Gasteiger partial charge in [-0.05, 0) is 30.7 Å². The number of rotatable bonds is 6. The first-order chi connectivity index (χ1) is 8.86. The van der Waals surface area contributed by atoms with E-state index in [0.29, 0.717) is 25.1 Å². The van der Waals surface area contributed by atoms with Gasteiger partial charge in [0.15, 0.2) is 5.78 Å². The summed E-state index contributed by atoms with van der Waals surface area (Å²) < 4.78 is 5.52. The minimum Gasteiger partial charge on any atom is -0.494 e. The third kappa shape index (κ3) is 3.70. The minimum absolute atomic E-state index is 0.0623. The molecule has 0 bridgehead atoms. The molecular formula is C15H15NO2. The van der Waals surface area contributed by atoms with Crippen LogP contribution in [0.15, 0.2) is 54.7 Å². The van der Waals surface area contributed by atoms with E-state index in [1.165, 1.54) is 0 Å². The molecular weight excluding hydrogens is 226 g/mol. The number of ether oxygens (including phenoxy) is 1. The largest absolute Gasteiger partial charge is 0.494 e. The number of carbonyl (C=O) groups excluding carboxylic acids is 1. The minimum atomic E-state index is 0.0623. The highest BCUT2D eigenvalue weighted by atomic mass is 16.5. The van der Waals surface area contributed by atoms with Crippen molar-refractivity contribution in [2.75, 3.05) is 6.61 Å². The molecule has 3 nitrogen and oxygen atoms in total. The lowest BCUT2D eigenvalue weighted by Gasteiger charge is -2.05. The SMILES string of the molecule is O=C(CCCOc1ccccc1)c1ccccn1. The molecule has 1 aromatic heterocycles. The second kappa shape index (κ2) is 6.55. The molecule has 0 atom stereocenters. The second-order valence-electron chi connectivity index (χ2n) is 3.90. The summed E-state index contributed by atoms with van der Waals surface area (Å²) in [6.45, 7) is 0.544. The van der Waals surface area contributed by atoms with Crippen molar-refractivity contribution in [3.8, 4) is 5.75 Å². The normalized spacial score (nSPS) is 10.0. The lowest BCUT2D eigenvalue weighted by atomic mass is 10.1. The Kier molecular flexibility index (Phi) is 4.47. The molecule has 3 heteroatoms. The van der Waals surface area contributed by atoms with E-state index in [1.807, 2.05) is 36.4 Å². The number of Topliss-reactive ketones (excluding diaryl/α,β-unsaturated/α-hetero) is 1. The number of pyridine rings is 1. The molecule has 0 saturated carbocycles. The van der Waals surface area contributed by atoms with Crippen molar-refractivity contribution in [3.63, 3.8) is 0 Å². The van der Waals surface area contributed by atoms with Gasteiger partial charge < -0.3 is 4.74 Å². The maximum Gasteiger partial charge on any atom is 0.181 e. The van der Waals surface area contributed by atoms with Gasteiger partial charge in [0.25, 0.3) is 0 Å². The number of hydrogen-bond donors (Lipinski definition) is 0. The van der Waals surface area contributed by atoms with Crippen LogP contribution in [0.2, 0.25) is 0 Å². The van der Waals surface area contributed by atoms with Gasteiger partial charge in [0.2, 0.25) is 0 Å². The number of ketones is 1. The summed E-state index contributed by atoms with van der Waals surface area (Å²) >= 11 is 0. The molecule has 0 amide bonds. The highest BCUT2D eigenvalue weighted by Gasteiger charge is 2.05. The molecule has 0 aliphatic carbocycles. The second-order valence-corrected chi connectivity index (χ2v) is 3.90. The Morgan fingerprint density at radius 1 is 1.06 bits per heavy atom. The molecule has 2 aromatic rings. The lowest BCUT2D eigenvalue weighted by Crippen LogP contribution is -2.05. The predicted molar refractivity (Wildman–Crippen MR) is 69.7 cm³/mol.